The molecule has 1 aliphatic carbocycles. The molecule has 2 aromatic carbocycles. The van der Waals surface area contributed by atoms with Crippen LogP contribution in [0, 0.1) is 5.82 Å². The Bertz CT molecular complexity index is 705. The Morgan fingerprint density at radius 3 is 2.65 bits per heavy atom. The highest BCUT2D eigenvalue weighted by atomic mass is 19.1. The Morgan fingerprint density at radius 2 is 1.78 bits per heavy atom. The molecule has 0 radical (unpaired) electrons. The molecule has 23 heavy (non-hydrogen) atoms. The van der Waals surface area contributed by atoms with Gasteiger partial charge in [-0.1, -0.05) is 12.1 Å². The average molecular weight is 310 g/mol. The van der Waals surface area contributed by atoms with Crippen LogP contribution in [0.3, 0.4) is 0 Å². The van der Waals surface area contributed by atoms with Gasteiger partial charge in [0.1, 0.15) is 5.82 Å². The fraction of sp³-hybridized carbons (Fsp3) is 0.400. The highest BCUT2D eigenvalue weighted by Gasteiger charge is 2.18. The van der Waals surface area contributed by atoms with Gasteiger partial charge >= 0.3 is 0 Å². The Kier molecular flexibility index (Phi) is 3.94. The van der Waals surface area contributed by atoms with E-state index in [-0.39, 0.29) is 5.82 Å². The standard InChI is InChI=1S/C20H23FN2/c21-19-7-4-8-20(23-11-1-2-12-23)18(19)14-22-17-10-9-15-5-3-6-16(15)13-17/h4,7-10,13,22H,1-3,5-6,11-12,14H2. The molecule has 0 saturated carbocycles. The van der Waals surface area contributed by atoms with Gasteiger partial charge in [-0.15, -0.1) is 0 Å². The van der Waals surface area contributed by atoms with Crippen LogP contribution in [0.25, 0.3) is 0 Å². The third kappa shape index (κ3) is 2.92. The lowest BCUT2D eigenvalue weighted by Gasteiger charge is -2.22. The lowest BCUT2D eigenvalue weighted by Crippen LogP contribution is -2.20. The second-order valence-corrected chi connectivity index (χ2v) is 6.62. The van der Waals surface area contributed by atoms with Gasteiger partial charge in [-0.2, -0.15) is 0 Å². The van der Waals surface area contributed by atoms with Gasteiger partial charge in [-0.25, -0.2) is 4.39 Å². The van der Waals surface area contributed by atoms with Crippen molar-refractivity contribution < 1.29 is 4.39 Å². The van der Waals surface area contributed by atoms with Crippen molar-refractivity contribution in [3.05, 3.63) is 58.9 Å². The summed E-state index contributed by atoms with van der Waals surface area (Å²) in [5.74, 6) is -0.108. The van der Waals surface area contributed by atoms with Crippen LogP contribution >= 0.6 is 0 Å². The smallest absolute Gasteiger partial charge is 0.130 e. The number of rotatable bonds is 4. The fourth-order valence-electron chi connectivity index (χ4n) is 3.85. The second-order valence-electron chi connectivity index (χ2n) is 6.62. The molecule has 1 N–H and O–H groups in total. The van der Waals surface area contributed by atoms with Gasteiger partial charge in [0.2, 0.25) is 0 Å². The topological polar surface area (TPSA) is 15.3 Å². The van der Waals surface area contributed by atoms with Crippen molar-refractivity contribution >= 4 is 11.4 Å². The Balaban J connectivity index is 1.54. The van der Waals surface area contributed by atoms with Crippen molar-refractivity contribution in [1.29, 1.82) is 0 Å². The van der Waals surface area contributed by atoms with Crippen molar-refractivity contribution in [3.63, 3.8) is 0 Å². The minimum Gasteiger partial charge on any atom is -0.381 e. The number of halogens is 1. The molecule has 4 rings (SSSR count). The van der Waals surface area contributed by atoms with Crippen LogP contribution in [-0.4, -0.2) is 13.1 Å². The van der Waals surface area contributed by atoms with Gasteiger partial charge in [0.15, 0.2) is 0 Å². The monoisotopic (exact) mass is 310 g/mol. The van der Waals surface area contributed by atoms with Gasteiger partial charge < -0.3 is 10.2 Å². The minimum atomic E-state index is -0.108. The molecule has 2 aromatic rings. The maximum Gasteiger partial charge on any atom is 0.130 e. The number of hydrogen-bond acceptors (Lipinski definition) is 2. The first-order valence-electron chi connectivity index (χ1n) is 8.69. The van der Waals surface area contributed by atoms with Crippen molar-refractivity contribution in [2.75, 3.05) is 23.3 Å². The zero-order chi connectivity index (χ0) is 15.6. The summed E-state index contributed by atoms with van der Waals surface area (Å²) in [6, 6.07) is 12.0. The van der Waals surface area contributed by atoms with E-state index in [0.29, 0.717) is 6.54 Å². The first-order valence-corrected chi connectivity index (χ1v) is 8.69. The van der Waals surface area contributed by atoms with E-state index in [2.05, 4.69) is 28.4 Å². The summed E-state index contributed by atoms with van der Waals surface area (Å²) in [6.07, 6.45) is 6.03. The van der Waals surface area contributed by atoms with E-state index in [1.54, 1.807) is 6.07 Å². The van der Waals surface area contributed by atoms with Gasteiger partial charge in [-0.05, 0) is 67.5 Å². The zero-order valence-electron chi connectivity index (χ0n) is 13.4. The lowest BCUT2D eigenvalue weighted by atomic mass is 10.1. The summed E-state index contributed by atoms with van der Waals surface area (Å²) in [7, 11) is 0. The van der Waals surface area contributed by atoms with Crippen molar-refractivity contribution in [2.45, 2.75) is 38.6 Å². The highest BCUT2D eigenvalue weighted by molar-refractivity contribution is 5.57. The predicted molar refractivity (Wildman–Crippen MR) is 93.6 cm³/mol. The van der Waals surface area contributed by atoms with Gasteiger partial charge in [0, 0.05) is 36.6 Å². The van der Waals surface area contributed by atoms with E-state index in [1.165, 1.54) is 43.2 Å². The summed E-state index contributed by atoms with van der Waals surface area (Å²) in [5, 5.41) is 3.43. The number of nitrogens with one attached hydrogen (secondary N) is 1. The molecule has 1 heterocycles. The SMILES string of the molecule is Fc1cccc(N2CCCC2)c1CNc1ccc2c(c1)CCC2. The number of nitrogens with zero attached hydrogens (tertiary/aromatic N) is 1. The summed E-state index contributed by atoms with van der Waals surface area (Å²) < 4.78 is 14.4. The Morgan fingerprint density at radius 1 is 0.957 bits per heavy atom. The molecule has 2 nitrogen and oxygen atoms in total. The zero-order valence-corrected chi connectivity index (χ0v) is 13.4. The average Bonchev–Trinajstić information content (AvgIpc) is 3.24. The summed E-state index contributed by atoms with van der Waals surface area (Å²) in [6.45, 7) is 2.61. The molecule has 0 aromatic heterocycles. The summed E-state index contributed by atoms with van der Waals surface area (Å²) in [5.41, 5.74) is 5.86. The predicted octanol–water partition coefficient (Wildman–Crippen LogP) is 4.53. The van der Waals surface area contributed by atoms with E-state index in [0.717, 1.165) is 30.0 Å². The van der Waals surface area contributed by atoms with Crippen LogP contribution in [0.15, 0.2) is 36.4 Å². The third-order valence-corrected chi connectivity index (χ3v) is 5.11. The molecule has 0 unspecified atom stereocenters. The van der Waals surface area contributed by atoms with E-state index in [9.17, 15) is 4.39 Å². The van der Waals surface area contributed by atoms with E-state index in [1.807, 2.05) is 12.1 Å². The second kappa shape index (κ2) is 6.23. The number of benzene rings is 2. The number of anilines is 2. The maximum atomic E-state index is 14.4. The lowest BCUT2D eigenvalue weighted by molar-refractivity contribution is 0.612. The molecule has 0 amide bonds. The molecular weight excluding hydrogens is 287 g/mol. The van der Waals surface area contributed by atoms with E-state index >= 15 is 0 Å². The third-order valence-electron chi connectivity index (χ3n) is 5.11. The number of aryl methyl sites for hydroxylation is 2. The molecule has 0 spiro atoms. The van der Waals surface area contributed by atoms with Gasteiger partial charge in [0.25, 0.3) is 0 Å². The molecule has 120 valence electrons. The first kappa shape index (κ1) is 14.6. The molecule has 2 aliphatic rings. The molecule has 0 bridgehead atoms. The van der Waals surface area contributed by atoms with Gasteiger partial charge in [-0.3, -0.25) is 0 Å². The van der Waals surface area contributed by atoms with E-state index < -0.39 is 0 Å². The van der Waals surface area contributed by atoms with E-state index in [4.69, 9.17) is 0 Å². The fourth-order valence-corrected chi connectivity index (χ4v) is 3.85. The van der Waals surface area contributed by atoms with Crippen LogP contribution in [0.1, 0.15) is 36.0 Å². The largest absolute Gasteiger partial charge is 0.381 e. The summed E-state index contributed by atoms with van der Waals surface area (Å²) in [4.78, 5) is 2.31. The Hall–Kier alpha value is -2.03. The van der Waals surface area contributed by atoms with Crippen molar-refractivity contribution in [2.24, 2.45) is 0 Å². The Labute approximate surface area is 137 Å². The highest BCUT2D eigenvalue weighted by Crippen LogP contribution is 2.29. The number of fused-ring (bicyclic) bond motifs is 1. The number of hydrogen-bond donors (Lipinski definition) is 1. The van der Waals surface area contributed by atoms with Crippen LogP contribution in [0.2, 0.25) is 0 Å². The first-order chi connectivity index (χ1) is 11.3. The molecule has 0 atom stereocenters. The molecule has 3 heteroatoms. The van der Waals surface area contributed by atoms with Gasteiger partial charge in [0.05, 0.1) is 0 Å². The minimum absolute atomic E-state index is 0.108. The van der Waals surface area contributed by atoms with Crippen molar-refractivity contribution in [1.82, 2.24) is 0 Å². The van der Waals surface area contributed by atoms with Crippen molar-refractivity contribution in [3.8, 4) is 0 Å². The molecular formula is C20H23FN2. The quantitative estimate of drug-likeness (QED) is 0.893. The molecule has 1 fully saturated rings. The van der Waals surface area contributed by atoms with Crippen LogP contribution in [0.4, 0.5) is 15.8 Å². The van der Waals surface area contributed by atoms with Crippen LogP contribution < -0.4 is 10.2 Å². The normalized spacial score (nSPS) is 16.7. The van der Waals surface area contributed by atoms with Crippen LogP contribution in [-0.2, 0) is 19.4 Å². The molecule has 1 aliphatic heterocycles. The maximum absolute atomic E-state index is 14.4. The van der Waals surface area contributed by atoms with Crippen LogP contribution in [0.5, 0.6) is 0 Å². The molecule has 1 saturated heterocycles. The summed E-state index contributed by atoms with van der Waals surface area (Å²) >= 11 is 0.